The van der Waals surface area contributed by atoms with Crippen LogP contribution in [0.1, 0.15) is 30.0 Å². The van der Waals surface area contributed by atoms with Crippen molar-refractivity contribution in [3.8, 4) is 17.2 Å². The topological polar surface area (TPSA) is 98.6 Å². The van der Waals surface area contributed by atoms with Crippen LogP contribution in [0.4, 0.5) is 0 Å². The van der Waals surface area contributed by atoms with E-state index in [0.29, 0.717) is 42.6 Å². The number of carbonyl (C=O) groups excluding carboxylic acids is 1. The van der Waals surface area contributed by atoms with Gasteiger partial charge in [0.25, 0.3) is 5.91 Å². The molecule has 9 heteroatoms. The Hall–Kier alpha value is -3.56. The number of nitrogens with one attached hydrogen (secondary N) is 1. The first kappa shape index (κ1) is 28.4. The van der Waals surface area contributed by atoms with Crippen molar-refractivity contribution in [2.24, 2.45) is 4.99 Å². The van der Waals surface area contributed by atoms with E-state index in [1.54, 1.807) is 14.2 Å². The van der Waals surface area contributed by atoms with Crippen LogP contribution in [0.5, 0.6) is 17.2 Å². The van der Waals surface area contributed by atoms with Gasteiger partial charge in [-0.2, -0.15) is 0 Å². The number of amides is 1. The van der Waals surface area contributed by atoms with Crippen LogP contribution in [0.2, 0.25) is 0 Å². The Morgan fingerprint density at radius 2 is 1.79 bits per heavy atom. The number of hydrogen-bond donors (Lipinski definition) is 2. The minimum absolute atomic E-state index is 0.0763. The third kappa shape index (κ3) is 6.37. The quantitative estimate of drug-likeness (QED) is 0.294. The number of para-hydroxylation sites is 1. The number of aliphatic hydroxyl groups excluding tert-OH is 1. The summed E-state index contributed by atoms with van der Waals surface area (Å²) in [5.74, 6) is 1.98. The van der Waals surface area contributed by atoms with Gasteiger partial charge in [-0.3, -0.25) is 4.79 Å². The number of rotatable bonds is 12. The van der Waals surface area contributed by atoms with Gasteiger partial charge >= 0.3 is 0 Å². The molecule has 1 heterocycles. The monoisotopic (exact) mass is 596 g/mol. The molecule has 2 N–H and O–H groups in total. The Morgan fingerprint density at radius 1 is 1.05 bits per heavy atom. The third-order valence-electron chi connectivity index (χ3n) is 6.67. The van der Waals surface area contributed by atoms with E-state index in [9.17, 15) is 4.79 Å². The first-order chi connectivity index (χ1) is 18.9. The van der Waals surface area contributed by atoms with Gasteiger partial charge in [0, 0.05) is 41.6 Å². The van der Waals surface area contributed by atoms with E-state index < -0.39 is 11.6 Å². The summed E-state index contributed by atoms with van der Waals surface area (Å²) in [6, 6.07) is 20.7. The molecule has 1 amide bonds. The van der Waals surface area contributed by atoms with Crippen LogP contribution in [-0.2, 0) is 22.5 Å². The summed E-state index contributed by atoms with van der Waals surface area (Å²) in [6.07, 6.45) is 0.360. The van der Waals surface area contributed by atoms with E-state index in [4.69, 9.17) is 29.0 Å². The molecule has 3 aromatic carbocycles. The van der Waals surface area contributed by atoms with Crippen molar-refractivity contribution in [1.29, 1.82) is 0 Å². The molecule has 0 unspecified atom stereocenters. The van der Waals surface area contributed by atoms with E-state index in [-0.39, 0.29) is 19.1 Å². The molecule has 0 radical (unpaired) electrons. The van der Waals surface area contributed by atoms with Crippen LogP contribution in [-0.4, -0.2) is 56.0 Å². The molecule has 0 bridgehead atoms. The van der Waals surface area contributed by atoms with Crippen molar-refractivity contribution in [3.63, 3.8) is 0 Å². The highest BCUT2D eigenvalue weighted by molar-refractivity contribution is 9.10. The molecular weight excluding hydrogens is 564 g/mol. The van der Waals surface area contributed by atoms with Gasteiger partial charge in [0.05, 0.1) is 20.8 Å². The molecular formula is C30H33BrN2O6. The van der Waals surface area contributed by atoms with E-state index in [2.05, 4.69) is 21.2 Å². The average molecular weight is 598 g/mol. The zero-order valence-corrected chi connectivity index (χ0v) is 23.9. The highest BCUT2D eigenvalue weighted by Gasteiger charge is 2.50. The summed E-state index contributed by atoms with van der Waals surface area (Å²) in [4.78, 5) is 18.9. The lowest BCUT2D eigenvalue weighted by atomic mass is 9.86. The minimum Gasteiger partial charge on any atom is -0.494 e. The van der Waals surface area contributed by atoms with Crippen molar-refractivity contribution >= 4 is 27.7 Å². The molecule has 1 aliphatic rings. The second-order valence-electron chi connectivity index (χ2n) is 9.15. The maximum Gasteiger partial charge on any atom is 0.252 e. The van der Waals surface area contributed by atoms with Crippen molar-refractivity contribution in [2.45, 2.75) is 38.0 Å². The summed E-state index contributed by atoms with van der Waals surface area (Å²) in [5, 5.41) is 12.0. The van der Waals surface area contributed by atoms with Gasteiger partial charge in [-0.15, -0.1) is 0 Å². The average Bonchev–Trinajstić information content (AvgIpc) is 3.29. The fourth-order valence-electron chi connectivity index (χ4n) is 4.50. The van der Waals surface area contributed by atoms with Gasteiger partial charge < -0.3 is 29.4 Å². The van der Waals surface area contributed by atoms with E-state index in [0.717, 1.165) is 21.2 Å². The smallest absolute Gasteiger partial charge is 0.252 e. The Morgan fingerprint density at radius 3 is 2.49 bits per heavy atom. The lowest BCUT2D eigenvalue weighted by Crippen LogP contribution is -2.52. The second-order valence-corrected chi connectivity index (χ2v) is 10.0. The predicted octanol–water partition coefficient (Wildman–Crippen LogP) is 4.69. The van der Waals surface area contributed by atoms with Gasteiger partial charge in [-0.05, 0) is 48.9 Å². The molecule has 8 nitrogen and oxygen atoms in total. The summed E-state index contributed by atoms with van der Waals surface area (Å²) in [7, 11) is 3.15. The van der Waals surface area contributed by atoms with Gasteiger partial charge in [-0.1, -0.05) is 46.3 Å². The van der Waals surface area contributed by atoms with Gasteiger partial charge in [0.1, 0.15) is 11.9 Å². The molecule has 1 aliphatic heterocycles. The van der Waals surface area contributed by atoms with E-state index in [1.807, 2.05) is 73.7 Å². The van der Waals surface area contributed by atoms with Crippen molar-refractivity contribution in [3.05, 3.63) is 87.9 Å². The molecule has 0 saturated heterocycles. The SMILES string of the molecule is COc1cccc(CNC(=O)[C@]2(Cc3ccccc3Br)N=C(c3ccc(OCCCO)cc3)O[C@@H]2C)c1OC. The fourth-order valence-corrected chi connectivity index (χ4v) is 4.92. The van der Waals surface area contributed by atoms with Crippen molar-refractivity contribution in [2.75, 3.05) is 27.4 Å². The normalized spacial score (nSPS) is 18.2. The molecule has 4 rings (SSSR count). The first-order valence-electron chi connectivity index (χ1n) is 12.7. The Kier molecular flexibility index (Phi) is 9.48. The number of ether oxygens (including phenoxy) is 4. The Bertz CT molecular complexity index is 1310. The number of hydrogen-bond acceptors (Lipinski definition) is 7. The number of halogens is 1. The molecule has 0 spiro atoms. The lowest BCUT2D eigenvalue weighted by molar-refractivity contribution is -0.128. The van der Waals surface area contributed by atoms with Gasteiger partial charge in [0.2, 0.25) is 5.90 Å². The van der Waals surface area contributed by atoms with E-state index in [1.165, 1.54) is 0 Å². The van der Waals surface area contributed by atoms with Crippen LogP contribution in [0.15, 0.2) is 76.2 Å². The largest absolute Gasteiger partial charge is 0.494 e. The number of nitrogens with zero attached hydrogens (tertiary/aromatic N) is 1. The molecule has 0 saturated carbocycles. The predicted molar refractivity (Wildman–Crippen MR) is 153 cm³/mol. The number of benzene rings is 3. The third-order valence-corrected chi connectivity index (χ3v) is 7.44. The van der Waals surface area contributed by atoms with Gasteiger partial charge in [0.15, 0.2) is 17.0 Å². The maximum atomic E-state index is 14.0. The minimum atomic E-state index is -1.21. The Balaban J connectivity index is 1.64. The zero-order chi connectivity index (χ0) is 27.8. The number of aliphatic hydroxyl groups is 1. The lowest BCUT2D eigenvalue weighted by Gasteiger charge is -2.29. The zero-order valence-electron chi connectivity index (χ0n) is 22.3. The van der Waals surface area contributed by atoms with Crippen LogP contribution >= 0.6 is 15.9 Å². The number of aliphatic imine (C=N–C) groups is 1. The van der Waals surface area contributed by atoms with Gasteiger partial charge in [-0.25, -0.2) is 4.99 Å². The highest BCUT2D eigenvalue weighted by Crippen LogP contribution is 2.35. The summed E-state index contributed by atoms with van der Waals surface area (Å²) in [6.45, 7) is 2.60. The molecule has 0 aromatic heterocycles. The van der Waals surface area contributed by atoms with Crippen molar-refractivity contribution < 1.29 is 28.8 Å². The molecule has 0 fully saturated rings. The summed E-state index contributed by atoms with van der Waals surface area (Å²) >= 11 is 3.62. The van der Waals surface area contributed by atoms with E-state index >= 15 is 0 Å². The maximum absolute atomic E-state index is 14.0. The first-order valence-corrected chi connectivity index (χ1v) is 13.5. The second kappa shape index (κ2) is 13.0. The summed E-state index contributed by atoms with van der Waals surface area (Å²) in [5.41, 5.74) is 1.27. The molecule has 0 aliphatic carbocycles. The van der Waals surface area contributed by atoms with Crippen LogP contribution in [0.3, 0.4) is 0 Å². The van der Waals surface area contributed by atoms with Crippen LogP contribution in [0.25, 0.3) is 0 Å². The number of carbonyl (C=O) groups is 1. The molecule has 2 atom stereocenters. The number of methoxy groups -OCH3 is 2. The molecule has 206 valence electrons. The van der Waals surface area contributed by atoms with Crippen LogP contribution in [0, 0.1) is 0 Å². The standard InChI is InChI=1S/C30H33BrN2O6/c1-20-30(18-22-8-4-5-10-25(22)31,29(35)32-19-23-9-6-11-26(36-2)27(23)37-3)33-28(39-20)21-12-14-24(15-13-21)38-17-7-16-34/h4-6,8-15,20,34H,7,16-19H2,1-3H3,(H,32,35)/t20-,30-/m1/s1. The van der Waals surface area contributed by atoms with Crippen LogP contribution < -0.4 is 19.5 Å². The molecule has 39 heavy (non-hydrogen) atoms. The fraction of sp³-hybridized carbons (Fsp3) is 0.333. The molecule has 3 aromatic rings. The summed E-state index contributed by atoms with van der Waals surface area (Å²) < 4.78 is 23.7. The van der Waals surface area contributed by atoms with Crippen molar-refractivity contribution in [1.82, 2.24) is 5.32 Å². The highest BCUT2D eigenvalue weighted by atomic mass is 79.9. The Labute approximate surface area is 237 Å².